The maximum Gasteiger partial charge on any atom is 0.335 e. The van der Waals surface area contributed by atoms with Crippen molar-refractivity contribution in [2.75, 3.05) is 7.11 Å². The molecule has 0 unspecified atom stereocenters. The van der Waals surface area contributed by atoms with Crippen molar-refractivity contribution in [2.45, 2.75) is 0 Å². The highest BCUT2D eigenvalue weighted by Gasteiger charge is 2.04. The predicted octanol–water partition coefficient (Wildman–Crippen LogP) is 4.11. The summed E-state index contributed by atoms with van der Waals surface area (Å²) in [4.78, 5) is 15.6. The van der Waals surface area contributed by atoms with Crippen LogP contribution in [-0.2, 0) is 0 Å². The monoisotopic (exact) mass is 305 g/mol. The highest BCUT2D eigenvalue weighted by molar-refractivity contribution is 5.93. The van der Waals surface area contributed by atoms with Crippen LogP contribution in [0.2, 0.25) is 0 Å². The average Bonchev–Trinajstić information content (AvgIpc) is 2.59. The van der Waals surface area contributed by atoms with Gasteiger partial charge in [-0.1, -0.05) is 30.3 Å². The summed E-state index contributed by atoms with van der Waals surface area (Å²) in [5.41, 5.74) is 2.60. The second-order valence-electron chi connectivity index (χ2n) is 5.02. The molecule has 1 heterocycles. The lowest BCUT2D eigenvalue weighted by atomic mass is 10.1. The highest BCUT2D eigenvalue weighted by atomic mass is 16.5. The van der Waals surface area contributed by atoms with Crippen LogP contribution in [0.15, 0.2) is 54.6 Å². The lowest BCUT2D eigenvalue weighted by molar-refractivity contribution is 0.0697. The lowest BCUT2D eigenvalue weighted by Crippen LogP contribution is -1.96. The van der Waals surface area contributed by atoms with Crippen LogP contribution in [0, 0.1) is 0 Å². The van der Waals surface area contributed by atoms with Crippen molar-refractivity contribution in [1.29, 1.82) is 0 Å². The van der Waals surface area contributed by atoms with E-state index in [1.54, 1.807) is 25.3 Å². The molecule has 4 nitrogen and oxygen atoms in total. The molecule has 3 rings (SSSR count). The molecule has 0 radical (unpaired) electrons. The fourth-order valence-electron chi connectivity index (χ4n) is 2.34. The summed E-state index contributed by atoms with van der Waals surface area (Å²) < 4.78 is 5.31. The topological polar surface area (TPSA) is 59.4 Å². The summed E-state index contributed by atoms with van der Waals surface area (Å²) in [7, 11) is 1.63. The molecule has 0 aliphatic rings. The number of rotatable bonds is 4. The van der Waals surface area contributed by atoms with Crippen LogP contribution in [0.3, 0.4) is 0 Å². The smallest absolute Gasteiger partial charge is 0.335 e. The molecular formula is C19H15NO3. The van der Waals surface area contributed by atoms with Gasteiger partial charge in [-0.05, 0) is 36.4 Å². The van der Waals surface area contributed by atoms with Crippen LogP contribution in [0.1, 0.15) is 21.6 Å². The summed E-state index contributed by atoms with van der Waals surface area (Å²) in [6, 6.07) is 16.5. The average molecular weight is 305 g/mol. The third kappa shape index (κ3) is 3.21. The minimum Gasteiger partial charge on any atom is -0.496 e. The quantitative estimate of drug-likeness (QED) is 0.788. The molecule has 0 saturated heterocycles. The van der Waals surface area contributed by atoms with Gasteiger partial charge < -0.3 is 9.84 Å². The molecule has 0 saturated carbocycles. The van der Waals surface area contributed by atoms with Crippen molar-refractivity contribution < 1.29 is 14.6 Å². The number of aromatic nitrogens is 1. The van der Waals surface area contributed by atoms with Gasteiger partial charge in [0.2, 0.25) is 0 Å². The SMILES string of the molecule is COc1ccccc1C=Cc1ccc2ccc(C(=O)O)cc2n1. The Morgan fingerprint density at radius 2 is 1.87 bits per heavy atom. The number of carboxylic acid groups (broad SMARTS) is 1. The van der Waals surface area contributed by atoms with Crippen molar-refractivity contribution in [2.24, 2.45) is 0 Å². The second-order valence-corrected chi connectivity index (χ2v) is 5.02. The number of hydrogen-bond donors (Lipinski definition) is 1. The number of ether oxygens (including phenoxy) is 1. The Bertz CT molecular complexity index is 900. The standard InChI is InChI=1S/C19H15NO3/c1-23-18-5-3-2-4-14(18)9-11-16-10-8-13-6-7-15(19(21)22)12-17(13)20-16/h2-12H,1H3,(H,21,22). The van der Waals surface area contributed by atoms with Crippen molar-refractivity contribution in [3.05, 3.63) is 71.4 Å². The van der Waals surface area contributed by atoms with Crippen LogP contribution >= 0.6 is 0 Å². The van der Waals surface area contributed by atoms with E-state index in [1.807, 2.05) is 48.6 Å². The minimum absolute atomic E-state index is 0.232. The summed E-state index contributed by atoms with van der Waals surface area (Å²) in [6.07, 6.45) is 3.80. The highest BCUT2D eigenvalue weighted by Crippen LogP contribution is 2.21. The minimum atomic E-state index is -0.955. The van der Waals surface area contributed by atoms with Gasteiger partial charge in [0, 0.05) is 10.9 Å². The van der Waals surface area contributed by atoms with Crippen molar-refractivity contribution >= 4 is 29.0 Å². The van der Waals surface area contributed by atoms with Crippen molar-refractivity contribution in [3.63, 3.8) is 0 Å². The van der Waals surface area contributed by atoms with E-state index < -0.39 is 5.97 Å². The molecule has 0 spiro atoms. The van der Waals surface area contributed by atoms with Gasteiger partial charge in [-0.25, -0.2) is 9.78 Å². The summed E-state index contributed by atoms with van der Waals surface area (Å²) >= 11 is 0. The maximum absolute atomic E-state index is 11.1. The molecule has 0 aliphatic carbocycles. The number of aromatic carboxylic acids is 1. The Kier molecular flexibility index (Phi) is 4.06. The zero-order valence-corrected chi connectivity index (χ0v) is 12.6. The van der Waals surface area contributed by atoms with Gasteiger partial charge in [0.1, 0.15) is 5.75 Å². The molecular weight excluding hydrogens is 290 g/mol. The molecule has 114 valence electrons. The third-order valence-corrected chi connectivity index (χ3v) is 3.53. The molecule has 2 aromatic carbocycles. The Morgan fingerprint density at radius 3 is 2.65 bits per heavy atom. The molecule has 0 fully saturated rings. The Labute approximate surface area is 133 Å². The van der Waals surface area contributed by atoms with Crippen molar-refractivity contribution in [1.82, 2.24) is 4.98 Å². The number of carboxylic acids is 1. The summed E-state index contributed by atoms with van der Waals surface area (Å²) in [5.74, 6) is -0.165. The van der Waals surface area contributed by atoms with E-state index >= 15 is 0 Å². The number of methoxy groups -OCH3 is 1. The fourth-order valence-corrected chi connectivity index (χ4v) is 2.34. The van der Waals surface area contributed by atoms with E-state index in [-0.39, 0.29) is 5.56 Å². The molecule has 0 bridgehead atoms. The van der Waals surface area contributed by atoms with E-state index in [9.17, 15) is 4.79 Å². The van der Waals surface area contributed by atoms with E-state index in [4.69, 9.17) is 9.84 Å². The van der Waals surface area contributed by atoms with Gasteiger partial charge in [0.05, 0.1) is 23.9 Å². The predicted molar refractivity (Wildman–Crippen MR) is 90.6 cm³/mol. The lowest BCUT2D eigenvalue weighted by Gasteiger charge is -2.04. The van der Waals surface area contributed by atoms with Gasteiger partial charge in [0.25, 0.3) is 0 Å². The third-order valence-electron chi connectivity index (χ3n) is 3.53. The first-order chi connectivity index (χ1) is 11.2. The van der Waals surface area contributed by atoms with Gasteiger partial charge in [-0.3, -0.25) is 0 Å². The van der Waals surface area contributed by atoms with E-state index in [0.29, 0.717) is 5.52 Å². The first-order valence-electron chi connectivity index (χ1n) is 7.12. The second kappa shape index (κ2) is 6.32. The first-order valence-corrected chi connectivity index (χ1v) is 7.12. The number of pyridine rings is 1. The van der Waals surface area contributed by atoms with Gasteiger partial charge in [-0.2, -0.15) is 0 Å². The Balaban J connectivity index is 1.96. The molecule has 4 heteroatoms. The first kappa shape index (κ1) is 14.8. The zero-order chi connectivity index (χ0) is 16.2. The summed E-state index contributed by atoms with van der Waals surface area (Å²) in [5, 5.41) is 9.97. The molecule has 3 aromatic rings. The number of fused-ring (bicyclic) bond motifs is 1. The van der Waals surface area contributed by atoms with E-state index in [2.05, 4.69) is 4.98 Å². The molecule has 1 N–H and O–H groups in total. The van der Waals surface area contributed by atoms with Gasteiger partial charge >= 0.3 is 5.97 Å². The van der Waals surface area contributed by atoms with Crippen LogP contribution in [-0.4, -0.2) is 23.2 Å². The van der Waals surface area contributed by atoms with Crippen molar-refractivity contribution in [3.8, 4) is 5.75 Å². The molecule has 1 aromatic heterocycles. The van der Waals surface area contributed by atoms with Gasteiger partial charge in [0.15, 0.2) is 0 Å². The fraction of sp³-hybridized carbons (Fsp3) is 0.0526. The normalized spacial score (nSPS) is 11.0. The Hall–Kier alpha value is -3.14. The zero-order valence-electron chi connectivity index (χ0n) is 12.6. The number of hydrogen-bond acceptors (Lipinski definition) is 3. The van der Waals surface area contributed by atoms with Crippen LogP contribution in [0.25, 0.3) is 23.1 Å². The summed E-state index contributed by atoms with van der Waals surface area (Å²) in [6.45, 7) is 0. The van der Waals surface area contributed by atoms with Crippen LogP contribution < -0.4 is 4.74 Å². The van der Waals surface area contributed by atoms with E-state index in [0.717, 1.165) is 22.4 Å². The maximum atomic E-state index is 11.1. The Morgan fingerprint density at radius 1 is 1.09 bits per heavy atom. The molecule has 0 amide bonds. The van der Waals surface area contributed by atoms with Crippen LogP contribution in [0.4, 0.5) is 0 Å². The number of benzene rings is 2. The van der Waals surface area contributed by atoms with Crippen LogP contribution in [0.5, 0.6) is 5.75 Å². The molecule has 0 atom stereocenters. The number of para-hydroxylation sites is 1. The number of nitrogens with zero attached hydrogens (tertiary/aromatic N) is 1. The number of carbonyl (C=O) groups is 1. The largest absolute Gasteiger partial charge is 0.496 e. The molecule has 0 aliphatic heterocycles. The van der Waals surface area contributed by atoms with Gasteiger partial charge in [-0.15, -0.1) is 0 Å². The molecule has 23 heavy (non-hydrogen) atoms. The van der Waals surface area contributed by atoms with E-state index in [1.165, 1.54) is 0 Å².